The molecule has 174 valence electrons. The first-order valence-electron chi connectivity index (χ1n) is 10.3. The average Bonchev–Trinajstić information content (AvgIpc) is 3.15. The van der Waals surface area contributed by atoms with Crippen LogP contribution < -0.4 is 20.1 Å². The highest BCUT2D eigenvalue weighted by Gasteiger charge is 2.10. The number of aromatic nitrogens is 2. The van der Waals surface area contributed by atoms with E-state index in [0.717, 1.165) is 28.2 Å². The zero-order chi connectivity index (χ0) is 22.9. The van der Waals surface area contributed by atoms with E-state index in [4.69, 9.17) is 15.9 Å². The molecule has 0 unspecified atom stereocenters. The minimum Gasteiger partial charge on any atom is -0.493 e. The third-order valence-electron chi connectivity index (χ3n) is 4.90. The molecule has 0 atom stereocenters. The van der Waals surface area contributed by atoms with Gasteiger partial charge in [-0.2, -0.15) is 5.10 Å². The second kappa shape index (κ2) is 12.7. The van der Waals surface area contributed by atoms with Crippen LogP contribution in [0.5, 0.6) is 11.5 Å². The van der Waals surface area contributed by atoms with E-state index in [1.807, 2.05) is 41.9 Å². The minimum atomic E-state index is 0. The van der Waals surface area contributed by atoms with Gasteiger partial charge in [-0.3, -0.25) is 4.99 Å². The van der Waals surface area contributed by atoms with Crippen molar-refractivity contribution in [3.63, 3.8) is 0 Å². The summed E-state index contributed by atoms with van der Waals surface area (Å²) in [7, 11) is 3.35. The van der Waals surface area contributed by atoms with Crippen molar-refractivity contribution in [2.24, 2.45) is 4.99 Å². The zero-order valence-electron chi connectivity index (χ0n) is 19.4. The van der Waals surface area contributed by atoms with E-state index in [0.29, 0.717) is 30.5 Å². The van der Waals surface area contributed by atoms with Crippen LogP contribution >= 0.6 is 24.0 Å². The van der Waals surface area contributed by atoms with Gasteiger partial charge >= 0.3 is 0 Å². The minimum absolute atomic E-state index is 0. The Labute approximate surface area is 212 Å². The summed E-state index contributed by atoms with van der Waals surface area (Å²) in [4.78, 5) is 4.34. The van der Waals surface area contributed by atoms with E-state index < -0.39 is 0 Å². The van der Waals surface area contributed by atoms with Crippen LogP contribution in [-0.4, -0.2) is 36.5 Å². The second-order valence-electron chi connectivity index (χ2n) is 7.22. The van der Waals surface area contributed by atoms with Gasteiger partial charge in [0.1, 0.15) is 6.61 Å². The van der Waals surface area contributed by atoms with Gasteiger partial charge in [-0.05, 0) is 49.2 Å². The number of nitrogens with one attached hydrogen (secondary N) is 2. The monoisotopic (exact) mass is 559 g/mol. The van der Waals surface area contributed by atoms with Crippen molar-refractivity contribution in [3.05, 3.63) is 71.0 Å². The van der Waals surface area contributed by atoms with Gasteiger partial charge in [0.15, 0.2) is 17.5 Å². The molecular weight excluding hydrogens is 529 g/mol. The first kappa shape index (κ1) is 26.1. The smallest absolute Gasteiger partial charge is 0.191 e. The van der Waals surface area contributed by atoms with E-state index >= 15 is 0 Å². The number of ether oxygens (including phenoxy) is 2. The molecule has 0 radical (unpaired) electrons. The number of para-hydroxylation sites is 1. The molecule has 3 aromatic rings. The van der Waals surface area contributed by atoms with Crippen LogP contribution in [0.4, 0.5) is 0 Å². The summed E-state index contributed by atoms with van der Waals surface area (Å²) in [5, 5.41) is 11.3. The lowest BCUT2D eigenvalue weighted by atomic mass is 10.1. The number of hydrogen-bond donors (Lipinski definition) is 2. The number of methoxy groups -OCH3 is 1. The van der Waals surface area contributed by atoms with E-state index in [1.165, 1.54) is 0 Å². The number of hydrogen-bond acceptors (Lipinski definition) is 4. The molecule has 3 rings (SSSR count). The summed E-state index contributed by atoms with van der Waals surface area (Å²) < 4.78 is 12.9. The average molecular weight is 559 g/mol. The molecule has 0 saturated heterocycles. The maximum absolute atomic E-state index is 5.58. The Morgan fingerprint density at radius 2 is 1.85 bits per heavy atom. The Morgan fingerprint density at radius 1 is 1.09 bits per heavy atom. The molecular formula is C25H30IN5O2. The van der Waals surface area contributed by atoms with Gasteiger partial charge in [0.05, 0.1) is 18.5 Å². The molecule has 0 amide bonds. The van der Waals surface area contributed by atoms with E-state index in [-0.39, 0.29) is 30.6 Å². The highest BCUT2D eigenvalue weighted by Crippen LogP contribution is 2.28. The van der Waals surface area contributed by atoms with Crippen molar-refractivity contribution in [2.75, 3.05) is 20.8 Å². The van der Waals surface area contributed by atoms with Crippen molar-refractivity contribution in [2.45, 2.75) is 26.9 Å². The molecule has 0 fully saturated rings. The number of aryl methyl sites for hydroxylation is 2. The van der Waals surface area contributed by atoms with Crippen LogP contribution in [0, 0.1) is 26.2 Å². The molecule has 0 saturated carbocycles. The largest absolute Gasteiger partial charge is 0.493 e. The number of aliphatic imine (C=N–C) groups is 1. The number of terminal acetylenes is 1. The third kappa shape index (κ3) is 6.89. The van der Waals surface area contributed by atoms with Crippen LogP contribution in [0.25, 0.3) is 5.69 Å². The van der Waals surface area contributed by atoms with Crippen LogP contribution in [0.15, 0.2) is 53.5 Å². The lowest BCUT2D eigenvalue weighted by molar-refractivity contribution is 0.330. The van der Waals surface area contributed by atoms with Crippen molar-refractivity contribution in [1.29, 1.82) is 0 Å². The molecule has 33 heavy (non-hydrogen) atoms. The highest BCUT2D eigenvalue weighted by atomic mass is 127. The fourth-order valence-corrected chi connectivity index (χ4v) is 3.39. The molecule has 8 heteroatoms. The van der Waals surface area contributed by atoms with Gasteiger partial charge < -0.3 is 20.1 Å². The number of benzene rings is 2. The topological polar surface area (TPSA) is 72.7 Å². The summed E-state index contributed by atoms with van der Waals surface area (Å²) in [5.74, 6) is 4.42. The summed E-state index contributed by atoms with van der Waals surface area (Å²) in [5.41, 5.74) is 5.28. The number of guanidine groups is 1. The van der Waals surface area contributed by atoms with E-state index in [2.05, 4.69) is 51.8 Å². The van der Waals surface area contributed by atoms with Gasteiger partial charge in [0.25, 0.3) is 0 Å². The molecule has 7 nitrogen and oxygen atoms in total. The maximum Gasteiger partial charge on any atom is 0.191 e. The molecule has 1 heterocycles. The Kier molecular flexibility index (Phi) is 10.1. The van der Waals surface area contributed by atoms with Crippen LogP contribution in [0.3, 0.4) is 0 Å². The standard InChI is InChI=1S/C25H29N5O2.HI/c1-6-13-32-24-15-20(11-12-23(24)31-5)16-27-25(26-4)28-17-21-9-7-8-10-22(21)30-19(3)14-18(2)29-30;/h1,7-12,14-15H,13,16-17H2,2-5H3,(H2,26,27,28);1H. The highest BCUT2D eigenvalue weighted by molar-refractivity contribution is 14.0. The Bertz CT molecular complexity index is 1130. The fourth-order valence-electron chi connectivity index (χ4n) is 3.39. The summed E-state index contributed by atoms with van der Waals surface area (Å²) in [6.07, 6.45) is 5.30. The first-order valence-corrected chi connectivity index (χ1v) is 10.3. The normalized spacial score (nSPS) is 10.7. The van der Waals surface area contributed by atoms with Crippen molar-refractivity contribution in [1.82, 2.24) is 20.4 Å². The Morgan fingerprint density at radius 3 is 2.52 bits per heavy atom. The Balaban J connectivity index is 0.00000385. The zero-order valence-corrected chi connectivity index (χ0v) is 21.7. The van der Waals surface area contributed by atoms with Gasteiger partial charge in [0, 0.05) is 25.8 Å². The number of nitrogens with zero attached hydrogens (tertiary/aromatic N) is 3. The first-order chi connectivity index (χ1) is 15.5. The number of rotatable bonds is 8. The van der Waals surface area contributed by atoms with Crippen molar-refractivity contribution in [3.8, 4) is 29.5 Å². The predicted molar refractivity (Wildman–Crippen MR) is 143 cm³/mol. The molecule has 1 aromatic heterocycles. The van der Waals surface area contributed by atoms with E-state index in [9.17, 15) is 0 Å². The molecule has 0 spiro atoms. The van der Waals surface area contributed by atoms with Crippen LogP contribution in [0.1, 0.15) is 22.5 Å². The molecule has 0 aliphatic carbocycles. The maximum atomic E-state index is 5.58. The van der Waals surface area contributed by atoms with Crippen LogP contribution in [-0.2, 0) is 13.1 Å². The summed E-state index contributed by atoms with van der Waals surface area (Å²) in [6.45, 7) is 5.41. The van der Waals surface area contributed by atoms with Gasteiger partial charge in [-0.15, -0.1) is 30.4 Å². The van der Waals surface area contributed by atoms with Crippen molar-refractivity contribution < 1.29 is 9.47 Å². The summed E-state index contributed by atoms with van der Waals surface area (Å²) >= 11 is 0. The fraction of sp³-hybridized carbons (Fsp3) is 0.280. The van der Waals surface area contributed by atoms with Gasteiger partial charge in [-0.1, -0.05) is 30.2 Å². The molecule has 0 aliphatic heterocycles. The predicted octanol–water partition coefficient (Wildman–Crippen LogP) is 3.99. The quantitative estimate of drug-likeness (QED) is 0.189. The molecule has 0 bridgehead atoms. The summed E-state index contributed by atoms with van der Waals surface area (Å²) in [6, 6.07) is 16.0. The molecule has 2 N–H and O–H groups in total. The third-order valence-corrected chi connectivity index (χ3v) is 4.90. The van der Waals surface area contributed by atoms with Crippen molar-refractivity contribution >= 4 is 29.9 Å². The van der Waals surface area contributed by atoms with Crippen LogP contribution in [0.2, 0.25) is 0 Å². The van der Waals surface area contributed by atoms with Gasteiger partial charge in [0.2, 0.25) is 0 Å². The lowest BCUT2D eigenvalue weighted by Crippen LogP contribution is -2.36. The van der Waals surface area contributed by atoms with Gasteiger partial charge in [-0.25, -0.2) is 4.68 Å². The lowest BCUT2D eigenvalue weighted by Gasteiger charge is -2.16. The second-order valence-corrected chi connectivity index (χ2v) is 7.22. The molecule has 0 aliphatic rings. The SMILES string of the molecule is C#CCOc1cc(CNC(=NC)NCc2ccccc2-n2nc(C)cc2C)ccc1OC.I. The molecule has 2 aromatic carbocycles. The van der Waals surface area contributed by atoms with E-state index in [1.54, 1.807) is 14.2 Å². The Hall–Kier alpha value is -3.19. The number of halogens is 1.